The van der Waals surface area contributed by atoms with E-state index in [2.05, 4.69) is 15.5 Å². The number of hydrogen-bond acceptors (Lipinski definition) is 3. The Morgan fingerprint density at radius 3 is 2.88 bits per heavy atom. The molecule has 6 heteroatoms. The zero-order valence-electron chi connectivity index (χ0n) is 9.12. The molecule has 88 valence electrons. The van der Waals surface area contributed by atoms with Gasteiger partial charge in [-0.1, -0.05) is 11.6 Å². The number of aryl methyl sites for hydroxylation is 1. The lowest BCUT2D eigenvalue weighted by Gasteiger charge is -2.07. The number of halogens is 1. The van der Waals surface area contributed by atoms with Crippen molar-refractivity contribution in [1.82, 2.24) is 10.2 Å². The molecule has 0 spiro atoms. The minimum absolute atomic E-state index is 0.259. The normalized spacial score (nSPS) is 10.2. The largest absolute Gasteiger partial charge is 0.397 e. The second-order valence-electron chi connectivity index (χ2n) is 3.59. The van der Waals surface area contributed by atoms with Crippen molar-refractivity contribution in [2.45, 2.75) is 6.92 Å². The van der Waals surface area contributed by atoms with Gasteiger partial charge < -0.3 is 11.1 Å². The number of rotatable bonds is 2. The summed E-state index contributed by atoms with van der Waals surface area (Å²) in [6, 6.07) is 4.90. The fraction of sp³-hybridized carbons (Fsp3) is 0.0909. The van der Waals surface area contributed by atoms with Gasteiger partial charge in [0.2, 0.25) is 0 Å². The number of carbonyl (C=O) groups is 1. The zero-order chi connectivity index (χ0) is 12.4. The fourth-order valence-electron chi connectivity index (χ4n) is 1.42. The number of anilines is 2. The maximum absolute atomic E-state index is 11.9. The van der Waals surface area contributed by atoms with Gasteiger partial charge in [-0.05, 0) is 25.1 Å². The highest BCUT2D eigenvalue weighted by atomic mass is 35.5. The SMILES string of the molecule is Cc1[nH]ncc1C(=O)Nc1ccc(Cl)cc1N. The lowest BCUT2D eigenvalue weighted by atomic mass is 10.2. The van der Waals surface area contributed by atoms with E-state index in [4.69, 9.17) is 17.3 Å². The van der Waals surface area contributed by atoms with Crippen molar-refractivity contribution in [3.63, 3.8) is 0 Å². The third-order valence-corrected chi connectivity index (χ3v) is 2.57. The highest BCUT2D eigenvalue weighted by Gasteiger charge is 2.12. The minimum atomic E-state index is -0.259. The van der Waals surface area contributed by atoms with E-state index in [-0.39, 0.29) is 5.91 Å². The number of aromatic amines is 1. The Hall–Kier alpha value is -2.01. The molecular formula is C11H11ClN4O. The number of aromatic nitrogens is 2. The molecule has 0 aliphatic heterocycles. The summed E-state index contributed by atoms with van der Waals surface area (Å²) in [6.45, 7) is 1.77. The fourth-order valence-corrected chi connectivity index (χ4v) is 1.60. The van der Waals surface area contributed by atoms with Crippen LogP contribution in [0.1, 0.15) is 16.1 Å². The van der Waals surface area contributed by atoms with Crippen LogP contribution in [0, 0.1) is 6.92 Å². The van der Waals surface area contributed by atoms with Crippen molar-refractivity contribution >= 4 is 28.9 Å². The molecule has 1 heterocycles. The van der Waals surface area contributed by atoms with Crippen LogP contribution in [0.2, 0.25) is 5.02 Å². The van der Waals surface area contributed by atoms with E-state index in [0.717, 1.165) is 0 Å². The molecule has 17 heavy (non-hydrogen) atoms. The van der Waals surface area contributed by atoms with Gasteiger partial charge >= 0.3 is 0 Å². The number of amides is 1. The molecule has 2 rings (SSSR count). The Bertz CT molecular complexity index is 564. The summed E-state index contributed by atoms with van der Waals surface area (Å²) >= 11 is 5.77. The quantitative estimate of drug-likeness (QED) is 0.715. The number of hydrogen-bond donors (Lipinski definition) is 3. The highest BCUT2D eigenvalue weighted by Crippen LogP contribution is 2.23. The van der Waals surface area contributed by atoms with Crippen molar-refractivity contribution in [3.8, 4) is 0 Å². The predicted molar refractivity (Wildman–Crippen MR) is 67.1 cm³/mol. The number of H-pyrrole nitrogens is 1. The molecule has 0 aliphatic carbocycles. The summed E-state index contributed by atoms with van der Waals surface area (Å²) in [5, 5.41) is 9.70. The summed E-state index contributed by atoms with van der Waals surface area (Å²) in [7, 11) is 0. The van der Waals surface area contributed by atoms with E-state index in [0.29, 0.717) is 27.7 Å². The van der Waals surface area contributed by atoms with Crippen LogP contribution < -0.4 is 11.1 Å². The number of benzene rings is 1. The average Bonchev–Trinajstić information content (AvgIpc) is 2.68. The van der Waals surface area contributed by atoms with Crippen LogP contribution in [0.15, 0.2) is 24.4 Å². The summed E-state index contributed by atoms with van der Waals surface area (Å²) in [5.74, 6) is -0.259. The lowest BCUT2D eigenvalue weighted by molar-refractivity contribution is 0.102. The molecule has 1 amide bonds. The number of nitrogens with two attached hydrogens (primary N) is 1. The maximum Gasteiger partial charge on any atom is 0.259 e. The molecule has 0 saturated carbocycles. The van der Waals surface area contributed by atoms with Gasteiger partial charge in [0, 0.05) is 10.7 Å². The smallest absolute Gasteiger partial charge is 0.259 e. The van der Waals surface area contributed by atoms with Gasteiger partial charge in [-0.25, -0.2) is 0 Å². The first-order valence-corrected chi connectivity index (χ1v) is 5.32. The lowest BCUT2D eigenvalue weighted by Crippen LogP contribution is -2.13. The van der Waals surface area contributed by atoms with E-state index in [1.807, 2.05) is 0 Å². The summed E-state index contributed by atoms with van der Waals surface area (Å²) < 4.78 is 0. The average molecular weight is 251 g/mol. The molecule has 0 atom stereocenters. The van der Waals surface area contributed by atoms with Crippen molar-refractivity contribution < 1.29 is 4.79 Å². The third kappa shape index (κ3) is 2.39. The standard InChI is InChI=1S/C11H11ClN4O/c1-6-8(5-14-16-6)11(17)15-10-3-2-7(12)4-9(10)13/h2-5H,13H2,1H3,(H,14,16)(H,15,17). The van der Waals surface area contributed by atoms with Crippen molar-refractivity contribution in [3.05, 3.63) is 40.7 Å². The van der Waals surface area contributed by atoms with E-state index < -0.39 is 0 Å². The molecule has 5 nitrogen and oxygen atoms in total. The first kappa shape index (κ1) is 11.5. The monoisotopic (exact) mass is 250 g/mol. The van der Waals surface area contributed by atoms with Crippen LogP contribution in [0.4, 0.5) is 11.4 Å². The Balaban J connectivity index is 2.22. The highest BCUT2D eigenvalue weighted by molar-refractivity contribution is 6.31. The van der Waals surface area contributed by atoms with E-state index in [9.17, 15) is 4.79 Å². The van der Waals surface area contributed by atoms with E-state index in [1.54, 1.807) is 25.1 Å². The molecule has 0 fully saturated rings. The van der Waals surface area contributed by atoms with Gasteiger partial charge in [0.05, 0.1) is 23.1 Å². The van der Waals surface area contributed by atoms with Crippen molar-refractivity contribution in [2.75, 3.05) is 11.1 Å². The number of nitrogen functional groups attached to an aromatic ring is 1. The van der Waals surface area contributed by atoms with Gasteiger partial charge in [0.25, 0.3) is 5.91 Å². The summed E-state index contributed by atoms with van der Waals surface area (Å²) in [6.07, 6.45) is 1.47. The van der Waals surface area contributed by atoms with E-state index >= 15 is 0 Å². The van der Waals surface area contributed by atoms with Gasteiger partial charge in [-0.2, -0.15) is 5.10 Å². The molecule has 0 bridgehead atoms. The molecule has 0 aliphatic rings. The second kappa shape index (κ2) is 4.47. The second-order valence-corrected chi connectivity index (χ2v) is 4.03. The number of nitrogens with zero attached hydrogens (tertiary/aromatic N) is 1. The first-order valence-electron chi connectivity index (χ1n) is 4.94. The number of carbonyl (C=O) groups excluding carboxylic acids is 1. The topological polar surface area (TPSA) is 83.8 Å². The molecular weight excluding hydrogens is 240 g/mol. The number of nitrogens with one attached hydrogen (secondary N) is 2. The molecule has 1 aromatic heterocycles. The Morgan fingerprint density at radius 2 is 2.29 bits per heavy atom. The molecule has 1 aromatic carbocycles. The predicted octanol–water partition coefficient (Wildman–Crippen LogP) is 2.21. The molecule has 2 aromatic rings. The van der Waals surface area contributed by atoms with Gasteiger partial charge in [-0.3, -0.25) is 9.89 Å². The maximum atomic E-state index is 11.9. The van der Waals surface area contributed by atoms with E-state index in [1.165, 1.54) is 6.20 Å². The molecule has 0 saturated heterocycles. The Kier molecular flexibility index (Phi) is 3.01. The Morgan fingerprint density at radius 1 is 1.53 bits per heavy atom. The minimum Gasteiger partial charge on any atom is -0.397 e. The third-order valence-electron chi connectivity index (χ3n) is 2.34. The molecule has 0 unspecified atom stereocenters. The summed E-state index contributed by atoms with van der Waals surface area (Å²) in [5.41, 5.74) is 7.88. The zero-order valence-corrected chi connectivity index (χ0v) is 9.88. The van der Waals surface area contributed by atoms with Gasteiger partial charge in [0.15, 0.2) is 0 Å². The van der Waals surface area contributed by atoms with Crippen LogP contribution in [-0.4, -0.2) is 16.1 Å². The van der Waals surface area contributed by atoms with Crippen molar-refractivity contribution in [1.29, 1.82) is 0 Å². The van der Waals surface area contributed by atoms with Crippen LogP contribution in [0.25, 0.3) is 0 Å². The van der Waals surface area contributed by atoms with Gasteiger partial charge in [0.1, 0.15) is 0 Å². The van der Waals surface area contributed by atoms with Gasteiger partial charge in [-0.15, -0.1) is 0 Å². The van der Waals surface area contributed by atoms with Crippen LogP contribution in [0.5, 0.6) is 0 Å². The first-order chi connectivity index (χ1) is 8.08. The molecule has 0 radical (unpaired) electrons. The Labute approximate surface area is 103 Å². The molecule has 4 N–H and O–H groups in total. The van der Waals surface area contributed by atoms with Crippen molar-refractivity contribution in [2.24, 2.45) is 0 Å². The summed E-state index contributed by atoms with van der Waals surface area (Å²) in [4.78, 5) is 11.9. The van der Waals surface area contributed by atoms with Crippen LogP contribution in [0.3, 0.4) is 0 Å². The van der Waals surface area contributed by atoms with Crippen LogP contribution in [-0.2, 0) is 0 Å². The van der Waals surface area contributed by atoms with Crippen LogP contribution >= 0.6 is 11.6 Å².